The lowest BCUT2D eigenvalue weighted by molar-refractivity contribution is 0.506. The van der Waals surface area contributed by atoms with Crippen molar-refractivity contribution in [3.63, 3.8) is 0 Å². The van der Waals surface area contributed by atoms with Crippen molar-refractivity contribution in [1.82, 2.24) is 5.32 Å². The Morgan fingerprint density at radius 1 is 1.36 bits per heavy atom. The van der Waals surface area contributed by atoms with E-state index >= 15 is 0 Å². The zero-order chi connectivity index (χ0) is 10.6. The van der Waals surface area contributed by atoms with Crippen LogP contribution in [0.2, 0.25) is 0 Å². The molecule has 1 aromatic rings. The third-order valence-corrected chi connectivity index (χ3v) is 1.91. The van der Waals surface area contributed by atoms with Crippen LogP contribution in [0.5, 0.6) is 0 Å². The summed E-state index contributed by atoms with van der Waals surface area (Å²) in [4.78, 5) is 0. The number of rotatable bonds is 4. The smallest absolute Gasteiger partial charge is 0.159 e. The Morgan fingerprint density at radius 3 is 2.64 bits per heavy atom. The van der Waals surface area contributed by atoms with Gasteiger partial charge in [-0.1, -0.05) is 28.6 Å². The molecule has 0 aliphatic heterocycles. The third kappa shape index (κ3) is 3.55. The lowest BCUT2D eigenvalue weighted by Crippen LogP contribution is -2.14. The van der Waals surface area contributed by atoms with E-state index in [2.05, 4.69) is 27.8 Å². The van der Waals surface area contributed by atoms with Crippen molar-refractivity contribution in [1.29, 1.82) is 0 Å². The molecule has 0 saturated heterocycles. The monoisotopic (exact) mass is 261 g/mol. The Hall–Kier alpha value is -0.740. The summed E-state index contributed by atoms with van der Waals surface area (Å²) in [5.41, 5.74) is 0.706. The van der Waals surface area contributed by atoms with Gasteiger partial charge in [0.2, 0.25) is 0 Å². The van der Waals surface area contributed by atoms with Gasteiger partial charge in [0.25, 0.3) is 0 Å². The summed E-state index contributed by atoms with van der Waals surface area (Å²) in [5, 5.41) is 3.01. The highest BCUT2D eigenvalue weighted by atomic mass is 79.9. The summed E-state index contributed by atoms with van der Waals surface area (Å²) in [5.74, 6) is -1.64. The minimum absolute atomic E-state index is 0.488. The van der Waals surface area contributed by atoms with Gasteiger partial charge in [-0.3, -0.25) is 0 Å². The van der Waals surface area contributed by atoms with Crippen LogP contribution in [0.3, 0.4) is 0 Å². The number of hydrogen-bond acceptors (Lipinski definition) is 1. The molecule has 4 heteroatoms. The molecular formula is C10H10BrF2N. The van der Waals surface area contributed by atoms with Crippen molar-refractivity contribution >= 4 is 15.9 Å². The molecule has 0 atom stereocenters. The number of halogens is 3. The molecule has 0 fully saturated rings. The summed E-state index contributed by atoms with van der Waals surface area (Å²) < 4.78 is 26.1. The van der Waals surface area contributed by atoms with Crippen molar-refractivity contribution in [2.45, 2.75) is 6.54 Å². The van der Waals surface area contributed by atoms with Crippen molar-refractivity contribution in [2.24, 2.45) is 0 Å². The largest absolute Gasteiger partial charge is 0.308 e. The highest BCUT2D eigenvalue weighted by molar-refractivity contribution is 9.11. The van der Waals surface area contributed by atoms with Crippen molar-refractivity contribution < 1.29 is 8.78 Å². The predicted molar refractivity (Wildman–Crippen MR) is 56.1 cm³/mol. The minimum Gasteiger partial charge on any atom is -0.308 e. The van der Waals surface area contributed by atoms with E-state index in [4.69, 9.17) is 0 Å². The second-order valence-corrected chi connectivity index (χ2v) is 3.99. The van der Waals surface area contributed by atoms with Gasteiger partial charge in [0.05, 0.1) is 0 Å². The quantitative estimate of drug-likeness (QED) is 0.879. The molecule has 0 aliphatic rings. The highest BCUT2D eigenvalue weighted by Gasteiger charge is 2.01. The first-order chi connectivity index (χ1) is 6.59. The molecule has 0 bridgehead atoms. The molecule has 0 aromatic heterocycles. The van der Waals surface area contributed by atoms with Crippen LogP contribution in [0.4, 0.5) is 8.78 Å². The summed E-state index contributed by atoms with van der Waals surface area (Å²) >= 11 is 3.18. The second kappa shape index (κ2) is 5.22. The molecule has 1 rings (SSSR count). The van der Waals surface area contributed by atoms with Crippen LogP contribution in [-0.2, 0) is 6.54 Å². The second-order valence-electron chi connectivity index (χ2n) is 2.87. The van der Waals surface area contributed by atoms with Crippen LogP contribution in [0.15, 0.2) is 29.3 Å². The zero-order valence-corrected chi connectivity index (χ0v) is 9.07. The van der Waals surface area contributed by atoms with E-state index in [1.807, 2.05) is 0 Å². The van der Waals surface area contributed by atoms with E-state index in [1.165, 1.54) is 6.07 Å². The maximum Gasteiger partial charge on any atom is 0.159 e. The van der Waals surface area contributed by atoms with Crippen LogP contribution in [0.1, 0.15) is 5.56 Å². The standard InChI is InChI=1S/C10H10BrF2N/c1-7(11)5-14-6-8-2-3-9(12)10(13)4-8/h2-4,14H,1,5-6H2. The average Bonchev–Trinajstić information content (AvgIpc) is 2.10. The van der Waals surface area contributed by atoms with Crippen LogP contribution in [0.25, 0.3) is 0 Å². The third-order valence-electron chi connectivity index (χ3n) is 1.63. The van der Waals surface area contributed by atoms with Crippen molar-refractivity contribution in [3.8, 4) is 0 Å². The van der Waals surface area contributed by atoms with Gasteiger partial charge >= 0.3 is 0 Å². The summed E-state index contributed by atoms with van der Waals surface area (Å²) in [7, 11) is 0. The average molecular weight is 262 g/mol. The molecule has 0 amide bonds. The Morgan fingerprint density at radius 2 is 2.07 bits per heavy atom. The first kappa shape index (κ1) is 11.3. The SMILES string of the molecule is C=C(Br)CNCc1ccc(F)c(F)c1. The summed E-state index contributed by atoms with van der Waals surface area (Å²) in [6.07, 6.45) is 0. The zero-order valence-electron chi connectivity index (χ0n) is 7.49. The lowest BCUT2D eigenvalue weighted by Gasteiger charge is -2.03. The molecule has 0 saturated carbocycles. The molecule has 1 aromatic carbocycles. The van der Waals surface area contributed by atoms with Gasteiger partial charge in [-0.25, -0.2) is 8.78 Å². The fourth-order valence-corrected chi connectivity index (χ4v) is 1.19. The van der Waals surface area contributed by atoms with Crippen LogP contribution in [0, 0.1) is 11.6 Å². The highest BCUT2D eigenvalue weighted by Crippen LogP contribution is 2.08. The molecule has 14 heavy (non-hydrogen) atoms. The molecule has 1 N–H and O–H groups in total. The number of hydrogen-bond donors (Lipinski definition) is 1. The topological polar surface area (TPSA) is 12.0 Å². The Bertz CT molecular complexity index is 339. The molecule has 76 valence electrons. The van der Waals surface area contributed by atoms with Gasteiger partial charge in [0.1, 0.15) is 0 Å². The van der Waals surface area contributed by atoms with Gasteiger partial charge in [0.15, 0.2) is 11.6 Å². The lowest BCUT2D eigenvalue weighted by atomic mass is 10.2. The van der Waals surface area contributed by atoms with Gasteiger partial charge < -0.3 is 5.32 Å². The van der Waals surface area contributed by atoms with Gasteiger partial charge in [-0.2, -0.15) is 0 Å². The van der Waals surface area contributed by atoms with Gasteiger partial charge in [-0.05, 0) is 17.7 Å². The minimum atomic E-state index is -0.821. The van der Waals surface area contributed by atoms with E-state index < -0.39 is 11.6 Å². The predicted octanol–water partition coefficient (Wildman–Crippen LogP) is 2.96. The van der Waals surface area contributed by atoms with E-state index in [9.17, 15) is 8.78 Å². The van der Waals surface area contributed by atoms with Gasteiger partial charge in [0, 0.05) is 17.6 Å². The van der Waals surface area contributed by atoms with Crippen molar-refractivity contribution in [2.75, 3.05) is 6.54 Å². The Kier molecular flexibility index (Phi) is 4.22. The molecule has 0 spiro atoms. The van der Waals surface area contributed by atoms with Crippen LogP contribution >= 0.6 is 15.9 Å². The van der Waals surface area contributed by atoms with E-state index in [1.54, 1.807) is 6.07 Å². The van der Waals surface area contributed by atoms with E-state index in [0.29, 0.717) is 18.7 Å². The summed E-state index contributed by atoms with van der Waals surface area (Å²) in [6, 6.07) is 3.84. The van der Waals surface area contributed by atoms with Gasteiger partial charge in [-0.15, -0.1) is 0 Å². The van der Waals surface area contributed by atoms with E-state index in [-0.39, 0.29) is 0 Å². The number of nitrogens with one attached hydrogen (secondary N) is 1. The molecule has 0 heterocycles. The van der Waals surface area contributed by atoms with Crippen molar-refractivity contribution in [3.05, 3.63) is 46.5 Å². The Labute approximate surface area is 90.0 Å². The van der Waals surface area contributed by atoms with E-state index in [0.717, 1.165) is 10.5 Å². The normalized spacial score (nSPS) is 10.2. The number of benzene rings is 1. The maximum absolute atomic E-state index is 12.7. The molecule has 1 nitrogen and oxygen atoms in total. The first-order valence-corrected chi connectivity index (χ1v) is 4.87. The fraction of sp³-hybridized carbons (Fsp3) is 0.200. The molecule has 0 radical (unpaired) electrons. The molecule has 0 unspecified atom stereocenters. The van der Waals surface area contributed by atoms with Crippen LogP contribution in [-0.4, -0.2) is 6.54 Å². The summed E-state index contributed by atoms with van der Waals surface area (Å²) in [6.45, 7) is 4.72. The molecular weight excluding hydrogens is 252 g/mol. The van der Waals surface area contributed by atoms with Crippen LogP contribution < -0.4 is 5.32 Å². The maximum atomic E-state index is 12.7. The Balaban J connectivity index is 2.51. The fourth-order valence-electron chi connectivity index (χ4n) is 0.992. The first-order valence-electron chi connectivity index (χ1n) is 4.07. The molecule has 0 aliphatic carbocycles.